The first-order chi connectivity index (χ1) is 23.7. The topological polar surface area (TPSA) is 145 Å². The van der Waals surface area contributed by atoms with Crippen LogP contribution in [0.5, 0.6) is 5.88 Å². The molecule has 1 aliphatic carbocycles. The number of nitrogens with zero attached hydrogens (tertiary/aromatic N) is 9. The molecule has 5 heterocycles. The molecule has 14 nitrogen and oxygen atoms in total. The predicted octanol–water partition coefficient (Wildman–Crippen LogP) is 2.17. The Hall–Kier alpha value is -5.67. The van der Waals surface area contributed by atoms with Crippen LogP contribution in [0.15, 0.2) is 53.7 Å². The Morgan fingerprint density at radius 3 is 2.53 bits per heavy atom. The van der Waals surface area contributed by atoms with Crippen LogP contribution >= 0.6 is 0 Å². The number of carbonyl (C=O) groups excluding carboxylic acids is 2. The maximum Gasteiger partial charge on any atom is 0.299 e. The molecular formula is C33H34F2N10O4. The molecule has 4 aromatic heterocycles. The van der Waals surface area contributed by atoms with Gasteiger partial charge in [0.15, 0.2) is 5.82 Å². The quantitative estimate of drug-likeness (QED) is 0.249. The third-order valence-corrected chi connectivity index (χ3v) is 9.01. The first-order valence-electron chi connectivity index (χ1n) is 16.0. The second kappa shape index (κ2) is 12.7. The minimum absolute atomic E-state index is 0.0360. The average Bonchev–Trinajstić information content (AvgIpc) is 3.46. The van der Waals surface area contributed by atoms with Crippen molar-refractivity contribution in [2.24, 2.45) is 7.05 Å². The second-order valence-electron chi connectivity index (χ2n) is 12.1. The number of aryl methyl sites for hydroxylation is 1. The Kier molecular flexibility index (Phi) is 8.30. The molecule has 1 aromatic carbocycles. The van der Waals surface area contributed by atoms with Crippen molar-refractivity contribution in [1.82, 2.24) is 44.1 Å². The zero-order valence-corrected chi connectivity index (χ0v) is 27.1. The number of hydrogen-bond acceptors (Lipinski definition) is 9. The number of piperazine rings is 1. The lowest BCUT2D eigenvalue weighted by Crippen LogP contribution is -2.51. The summed E-state index contributed by atoms with van der Waals surface area (Å²) in [6.45, 7) is 3.13. The molecule has 0 unspecified atom stereocenters. The molecule has 49 heavy (non-hydrogen) atoms. The lowest BCUT2D eigenvalue weighted by atomic mass is 10.1. The number of nitrogens with one attached hydrogen (secondary N) is 1. The van der Waals surface area contributed by atoms with Gasteiger partial charge < -0.3 is 24.4 Å². The van der Waals surface area contributed by atoms with E-state index in [1.165, 1.54) is 36.0 Å². The zero-order chi connectivity index (χ0) is 34.4. The maximum absolute atomic E-state index is 14.4. The fourth-order valence-electron chi connectivity index (χ4n) is 6.49. The molecule has 0 bridgehead atoms. The zero-order valence-electron chi connectivity index (χ0n) is 27.1. The van der Waals surface area contributed by atoms with Crippen molar-refractivity contribution in [3.8, 4) is 17.3 Å². The number of benzene rings is 1. The summed E-state index contributed by atoms with van der Waals surface area (Å²) in [6.07, 6.45) is 5.51. The van der Waals surface area contributed by atoms with Gasteiger partial charge in [-0.05, 0) is 31.0 Å². The fourth-order valence-corrected chi connectivity index (χ4v) is 6.49. The summed E-state index contributed by atoms with van der Waals surface area (Å²) in [6, 6.07) is 6.61. The minimum Gasteiger partial charge on any atom is -0.481 e. The normalized spacial score (nSPS) is 17.4. The smallest absolute Gasteiger partial charge is 0.299 e. The van der Waals surface area contributed by atoms with Crippen LogP contribution in [0.4, 0.5) is 14.5 Å². The fraction of sp³-hybridized carbons (Fsp3) is 0.364. The highest BCUT2D eigenvalue weighted by Crippen LogP contribution is 2.43. The van der Waals surface area contributed by atoms with Crippen molar-refractivity contribution < 1.29 is 23.1 Å². The first-order valence-corrected chi connectivity index (χ1v) is 16.0. The largest absolute Gasteiger partial charge is 0.481 e. The third kappa shape index (κ3) is 5.98. The highest BCUT2D eigenvalue weighted by molar-refractivity contribution is 5.94. The van der Waals surface area contributed by atoms with Gasteiger partial charge in [-0.3, -0.25) is 19.1 Å². The van der Waals surface area contributed by atoms with Crippen molar-refractivity contribution in [3.63, 3.8) is 0 Å². The van der Waals surface area contributed by atoms with Gasteiger partial charge in [0.05, 0.1) is 24.6 Å². The van der Waals surface area contributed by atoms with Crippen LogP contribution in [0, 0.1) is 11.6 Å². The van der Waals surface area contributed by atoms with E-state index in [9.17, 15) is 23.2 Å². The number of methoxy groups -OCH3 is 1. The maximum atomic E-state index is 14.4. The Labute approximate surface area is 278 Å². The van der Waals surface area contributed by atoms with Gasteiger partial charge in [0.25, 0.3) is 11.5 Å². The number of amides is 2. The van der Waals surface area contributed by atoms with Crippen molar-refractivity contribution in [2.75, 3.05) is 38.2 Å². The summed E-state index contributed by atoms with van der Waals surface area (Å²) < 4.78 is 38.5. The van der Waals surface area contributed by atoms with Crippen LogP contribution in [0.3, 0.4) is 0 Å². The number of ether oxygens (including phenoxy) is 1. The second-order valence-corrected chi connectivity index (χ2v) is 12.1. The molecular weight excluding hydrogens is 638 g/mol. The third-order valence-electron chi connectivity index (χ3n) is 9.01. The Morgan fingerprint density at radius 1 is 1.10 bits per heavy atom. The van der Waals surface area contributed by atoms with Gasteiger partial charge >= 0.3 is 0 Å². The number of carbonyl (C=O) groups is 2. The van der Waals surface area contributed by atoms with E-state index in [1.807, 2.05) is 11.8 Å². The molecule has 0 spiro atoms. The molecule has 0 radical (unpaired) electrons. The summed E-state index contributed by atoms with van der Waals surface area (Å²) in [7, 11) is 3.23. The number of aromatic nitrogens is 7. The molecule has 1 aliphatic heterocycles. The number of hydrogen-bond donors (Lipinski definition) is 1. The van der Waals surface area contributed by atoms with E-state index < -0.39 is 35.1 Å². The molecule has 2 amide bonds. The van der Waals surface area contributed by atoms with Crippen molar-refractivity contribution in [3.05, 3.63) is 87.7 Å². The Balaban J connectivity index is 1.22. The summed E-state index contributed by atoms with van der Waals surface area (Å²) >= 11 is 0. The number of anilines is 1. The van der Waals surface area contributed by atoms with E-state index in [0.717, 1.165) is 0 Å². The lowest BCUT2D eigenvalue weighted by Gasteiger charge is -2.36. The predicted molar refractivity (Wildman–Crippen MR) is 173 cm³/mol. The van der Waals surface area contributed by atoms with Gasteiger partial charge in [-0.1, -0.05) is 13.0 Å². The standard InChI is InChI=1S/C33H34F2N10O4/c1-4-25-29(42-10-12-43(13-11-42)31(47)20-16-37-41(2)17-20)32(48)45-33(39-30(40-45)19-8-9-36-27(14-19)49-3)44(25)18-26(46)38-24-15-21(24)28-22(34)6-5-7-23(28)35/h5-9,14,16-17,21,24H,4,10-13,15,18H2,1-3H3,(H,38,46)/t21-,24-/m1/s1. The van der Waals surface area contributed by atoms with E-state index in [1.54, 1.807) is 45.7 Å². The number of rotatable bonds is 9. The average molecular weight is 673 g/mol. The van der Waals surface area contributed by atoms with Crippen LogP contribution < -0.4 is 20.5 Å². The van der Waals surface area contributed by atoms with E-state index >= 15 is 0 Å². The SMILES string of the molecule is CCc1c(N2CCN(C(=O)c3cnn(C)c3)CC2)c(=O)n2nc(-c3ccnc(OC)c3)nc2n1CC(=O)N[C@@H]1C[C@H]1c1c(F)cccc1F. The van der Waals surface area contributed by atoms with Crippen LogP contribution in [0.1, 0.15) is 40.9 Å². The van der Waals surface area contributed by atoms with Crippen LogP contribution in [0.2, 0.25) is 0 Å². The molecule has 2 aliphatic rings. The summed E-state index contributed by atoms with van der Waals surface area (Å²) in [5.74, 6) is -1.59. The molecule has 1 N–H and O–H groups in total. The summed E-state index contributed by atoms with van der Waals surface area (Å²) in [4.78, 5) is 53.3. The van der Waals surface area contributed by atoms with Gasteiger partial charge in [-0.25, -0.2) is 13.8 Å². The van der Waals surface area contributed by atoms with Gasteiger partial charge in [-0.15, -0.1) is 5.10 Å². The molecule has 1 saturated heterocycles. The van der Waals surface area contributed by atoms with Gasteiger partial charge in [0.2, 0.25) is 17.6 Å². The molecule has 254 valence electrons. The molecule has 5 aromatic rings. The molecule has 16 heteroatoms. The van der Waals surface area contributed by atoms with E-state index in [2.05, 4.69) is 20.5 Å². The number of halogens is 2. The Bertz CT molecular complexity index is 2120. The monoisotopic (exact) mass is 672 g/mol. The lowest BCUT2D eigenvalue weighted by molar-refractivity contribution is -0.121. The minimum atomic E-state index is -0.646. The van der Waals surface area contributed by atoms with E-state index in [0.29, 0.717) is 67.4 Å². The summed E-state index contributed by atoms with van der Waals surface area (Å²) in [5, 5.41) is 11.6. The highest BCUT2D eigenvalue weighted by Gasteiger charge is 2.43. The van der Waals surface area contributed by atoms with Crippen LogP contribution in [-0.4, -0.2) is 90.0 Å². The first kappa shape index (κ1) is 31.9. The van der Waals surface area contributed by atoms with Crippen molar-refractivity contribution in [2.45, 2.75) is 38.3 Å². The highest BCUT2D eigenvalue weighted by atomic mass is 19.1. The molecule has 2 atom stereocenters. The van der Waals surface area contributed by atoms with Gasteiger partial charge in [0, 0.05) is 74.8 Å². The van der Waals surface area contributed by atoms with Gasteiger partial charge in [-0.2, -0.15) is 14.6 Å². The molecule has 1 saturated carbocycles. The van der Waals surface area contributed by atoms with Crippen LogP contribution in [-0.2, 0) is 24.8 Å². The van der Waals surface area contributed by atoms with E-state index in [4.69, 9.17) is 9.72 Å². The number of pyridine rings is 1. The molecule has 7 rings (SSSR count). The van der Waals surface area contributed by atoms with E-state index in [-0.39, 0.29) is 29.6 Å². The van der Waals surface area contributed by atoms with Gasteiger partial charge in [0.1, 0.15) is 23.9 Å². The molecule has 2 fully saturated rings. The van der Waals surface area contributed by atoms with Crippen molar-refractivity contribution >= 4 is 23.3 Å². The number of fused-ring (bicyclic) bond motifs is 1. The van der Waals surface area contributed by atoms with Crippen molar-refractivity contribution in [1.29, 1.82) is 0 Å². The summed E-state index contributed by atoms with van der Waals surface area (Å²) in [5.41, 5.74) is 1.52. The Morgan fingerprint density at radius 2 is 1.86 bits per heavy atom. The van der Waals surface area contributed by atoms with Crippen LogP contribution in [0.25, 0.3) is 17.2 Å².